The first-order chi connectivity index (χ1) is 9.90. The summed E-state index contributed by atoms with van der Waals surface area (Å²) >= 11 is 0. The summed E-state index contributed by atoms with van der Waals surface area (Å²) in [6.07, 6.45) is 8.16. The predicted molar refractivity (Wildman–Crippen MR) is 84.8 cm³/mol. The van der Waals surface area contributed by atoms with Crippen LogP contribution in [0, 0.1) is 0 Å². The highest BCUT2D eigenvalue weighted by Gasteiger charge is 2.29. The van der Waals surface area contributed by atoms with Gasteiger partial charge in [-0.25, -0.2) is 0 Å². The van der Waals surface area contributed by atoms with Gasteiger partial charge in [0.2, 0.25) is 0 Å². The molecule has 2 aliphatic rings. The Kier molecular flexibility index (Phi) is 4.74. The molecular weight excluding hydrogens is 244 g/mol. The van der Waals surface area contributed by atoms with Crippen molar-refractivity contribution in [2.45, 2.75) is 64.1 Å². The van der Waals surface area contributed by atoms with E-state index in [4.69, 9.17) is 0 Å². The fourth-order valence-corrected chi connectivity index (χ4v) is 4.03. The first-order valence-corrected chi connectivity index (χ1v) is 8.44. The molecule has 2 unspecified atom stereocenters. The zero-order chi connectivity index (χ0) is 13.8. The zero-order valence-corrected chi connectivity index (χ0v) is 12.8. The van der Waals surface area contributed by atoms with E-state index in [1.54, 1.807) is 5.56 Å². The fourth-order valence-electron chi connectivity index (χ4n) is 4.03. The van der Waals surface area contributed by atoms with Gasteiger partial charge in [-0.05, 0) is 49.9 Å². The van der Waals surface area contributed by atoms with Gasteiger partial charge in [0.1, 0.15) is 0 Å². The van der Waals surface area contributed by atoms with E-state index in [0.29, 0.717) is 6.04 Å². The standard InChI is InChI=1S/C18H28N2/c1-2-16-9-4-3-7-13-20(16)18-11-12-19-14-15-8-5-6-10-17(15)18/h5-6,8,10,16,18-19H,2-4,7,9,11-14H2,1H3. The third kappa shape index (κ3) is 2.91. The van der Waals surface area contributed by atoms with Crippen LogP contribution in [0.25, 0.3) is 0 Å². The second-order valence-electron chi connectivity index (χ2n) is 6.33. The summed E-state index contributed by atoms with van der Waals surface area (Å²) in [4.78, 5) is 2.83. The molecule has 1 N–H and O–H groups in total. The summed E-state index contributed by atoms with van der Waals surface area (Å²) in [6, 6.07) is 10.5. The number of rotatable bonds is 2. The van der Waals surface area contributed by atoms with Gasteiger partial charge in [-0.2, -0.15) is 0 Å². The minimum absolute atomic E-state index is 0.629. The van der Waals surface area contributed by atoms with Crippen molar-refractivity contribution in [1.82, 2.24) is 10.2 Å². The average Bonchev–Trinajstić information content (AvgIpc) is 2.84. The van der Waals surface area contributed by atoms with Crippen LogP contribution in [0.4, 0.5) is 0 Å². The van der Waals surface area contributed by atoms with E-state index in [-0.39, 0.29) is 0 Å². The molecule has 1 fully saturated rings. The summed E-state index contributed by atoms with van der Waals surface area (Å²) in [6.45, 7) is 5.84. The Balaban J connectivity index is 1.90. The molecule has 2 nitrogen and oxygen atoms in total. The molecule has 110 valence electrons. The Bertz CT molecular complexity index is 429. The predicted octanol–water partition coefficient (Wildman–Crippen LogP) is 3.88. The van der Waals surface area contributed by atoms with Gasteiger partial charge in [-0.3, -0.25) is 4.90 Å². The third-order valence-electron chi connectivity index (χ3n) is 5.12. The SMILES string of the molecule is CCC1CCCCCN1C1CCNCc2ccccc21. The molecule has 1 aromatic carbocycles. The minimum Gasteiger partial charge on any atom is -0.313 e. The maximum absolute atomic E-state index is 3.59. The number of nitrogens with zero attached hydrogens (tertiary/aromatic N) is 1. The second-order valence-corrected chi connectivity index (χ2v) is 6.33. The van der Waals surface area contributed by atoms with Crippen molar-refractivity contribution in [3.8, 4) is 0 Å². The first-order valence-electron chi connectivity index (χ1n) is 8.44. The summed E-state index contributed by atoms with van der Waals surface area (Å²) < 4.78 is 0. The molecule has 2 heterocycles. The van der Waals surface area contributed by atoms with Gasteiger partial charge >= 0.3 is 0 Å². The van der Waals surface area contributed by atoms with Crippen molar-refractivity contribution in [1.29, 1.82) is 0 Å². The Morgan fingerprint density at radius 3 is 2.95 bits per heavy atom. The van der Waals surface area contributed by atoms with Crippen LogP contribution in [0.15, 0.2) is 24.3 Å². The number of hydrogen-bond donors (Lipinski definition) is 1. The third-order valence-corrected chi connectivity index (χ3v) is 5.12. The van der Waals surface area contributed by atoms with E-state index in [9.17, 15) is 0 Å². The summed E-state index contributed by atoms with van der Waals surface area (Å²) in [5.41, 5.74) is 3.09. The van der Waals surface area contributed by atoms with Crippen molar-refractivity contribution >= 4 is 0 Å². The maximum Gasteiger partial charge on any atom is 0.0366 e. The highest BCUT2D eigenvalue weighted by molar-refractivity contribution is 5.31. The Morgan fingerprint density at radius 1 is 1.15 bits per heavy atom. The van der Waals surface area contributed by atoms with Crippen molar-refractivity contribution in [2.24, 2.45) is 0 Å². The summed E-state index contributed by atoms with van der Waals surface area (Å²) in [5, 5.41) is 3.59. The number of hydrogen-bond acceptors (Lipinski definition) is 2. The van der Waals surface area contributed by atoms with E-state index < -0.39 is 0 Å². The lowest BCUT2D eigenvalue weighted by molar-refractivity contribution is 0.126. The van der Waals surface area contributed by atoms with Crippen LogP contribution in [-0.4, -0.2) is 24.0 Å². The molecule has 2 aliphatic heterocycles. The molecule has 1 saturated heterocycles. The lowest BCUT2D eigenvalue weighted by Crippen LogP contribution is -2.38. The smallest absolute Gasteiger partial charge is 0.0366 e. The lowest BCUT2D eigenvalue weighted by Gasteiger charge is -2.37. The van der Waals surface area contributed by atoms with Crippen LogP contribution >= 0.6 is 0 Å². The Morgan fingerprint density at radius 2 is 2.05 bits per heavy atom. The van der Waals surface area contributed by atoms with Crippen molar-refractivity contribution in [3.63, 3.8) is 0 Å². The van der Waals surface area contributed by atoms with Crippen molar-refractivity contribution in [2.75, 3.05) is 13.1 Å². The van der Waals surface area contributed by atoms with Crippen LogP contribution in [0.1, 0.15) is 62.6 Å². The Hall–Kier alpha value is -0.860. The van der Waals surface area contributed by atoms with E-state index in [1.807, 2.05) is 0 Å². The second kappa shape index (κ2) is 6.73. The summed E-state index contributed by atoms with van der Waals surface area (Å²) in [7, 11) is 0. The number of likely N-dealkylation sites (tertiary alicyclic amines) is 1. The van der Waals surface area contributed by atoms with Gasteiger partial charge in [0.25, 0.3) is 0 Å². The Labute approximate surface area is 123 Å². The van der Waals surface area contributed by atoms with Gasteiger partial charge in [0.05, 0.1) is 0 Å². The van der Waals surface area contributed by atoms with E-state index in [0.717, 1.165) is 19.1 Å². The molecule has 2 heteroatoms. The number of fused-ring (bicyclic) bond motifs is 1. The van der Waals surface area contributed by atoms with Crippen LogP contribution in [0.3, 0.4) is 0 Å². The molecule has 0 spiro atoms. The largest absolute Gasteiger partial charge is 0.313 e. The van der Waals surface area contributed by atoms with Gasteiger partial charge in [0.15, 0.2) is 0 Å². The molecule has 20 heavy (non-hydrogen) atoms. The fraction of sp³-hybridized carbons (Fsp3) is 0.667. The molecule has 0 saturated carbocycles. The molecular formula is C18H28N2. The summed E-state index contributed by atoms with van der Waals surface area (Å²) in [5.74, 6) is 0. The van der Waals surface area contributed by atoms with Crippen LogP contribution in [0.5, 0.6) is 0 Å². The van der Waals surface area contributed by atoms with Gasteiger partial charge in [0, 0.05) is 18.6 Å². The van der Waals surface area contributed by atoms with Gasteiger partial charge in [-0.1, -0.05) is 44.0 Å². The molecule has 0 aromatic heterocycles. The zero-order valence-electron chi connectivity index (χ0n) is 12.8. The number of benzene rings is 1. The van der Waals surface area contributed by atoms with E-state index >= 15 is 0 Å². The van der Waals surface area contributed by atoms with Gasteiger partial charge < -0.3 is 5.32 Å². The van der Waals surface area contributed by atoms with Crippen LogP contribution in [-0.2, 0) is 6.54 Å². The van der Waals surface area contributed by atoms with Crippen LogP contribution in [0.2, 0.25) is 0 Å². The molecule has 1 aromatic rings. The normalized spacial score (nSPS) is 28.4. The monoisotopic (exact) mass is 272 g/mol. The highest BCUT2D eigenvalue weighted by atomic mass is 15.2. The number of nitrogens with one attached hydrogen (secondary N) is 1. The molecule has 0 aliphatic carbocycles. The lowest BCUT2D eigenvalue weighted by atomic mass is 9.95. The maximum atomic E-state index is 3.59. The quantitative estimate of drug-likeness (QED) is 0.879. The van der Waals surface area contributed by atoms with Crippen molar-refractivity contribution < 1.29 is 0 Å². The van der Waals surface area contributed by atoms with Gasteiger partial charge in [-0.15, -0.1) is 0 Å². The highest BCUT2D eigenvalue weighted by Crippen LogP contribution is 2.34. The molecule has 0 bridgehead atoms. The average molecular weight is 272 g/mol. The molecule has 3 rings (SSSR count). The van der Waals surface area contributed by atoms with E-state index in [1.165, 1.54) is 50.6 Å². The molecule has 2 atom stereocenters. The molecule has 0 amide bonds. The van der Waals surface area contributed by atoms with E-state index in [2.05, 4.69) is 41.4 Å². The topological polar surface area (TPSA) is 15.3 Å². The van der Waals surface area contributed by atoms with Crippen LogP contribution < -0.4 is 5.32 Å². The van der Waals surface area contributed by atoms with Crippen molar-refractivity contribution in [3.05, 3.63) is 35.4 Å². The molecule has 0 radical (unpaired) electrons. The first kappa shape index (κ1) is 14.1. The minimum atomic E-state index is 0.629.